The zero-order valence-electron chi connectivity index (χ0n) is 45.7. The van der Waals surface area contributed by atoms with Crippen LogP contribution in [0.1, 0.15) is 367 Å². The molecule has 7 heteroatoms. The predicted molar refractivity (Wildman–Crippen MR) is 281 cm³/mol. The van der Waals surface area contributed by atoms with Crippen LogP contribution in [0, 0.1) is 0 Å². The molecule has 0 spiro atoms. The number of aliphatic carboxylic acids is 3. The standard InChI is InChI=1S/3C20H40O2.Y/c3*1-2-3-4-5-6-7-8-9-10-11-12-13-14-15-16-17-18-19-20(21)22;/h3*2-19H2,1H3,(H,21,22);/q;;;+3/p-3. The monoisotopic (exact) mass is 1020 g/mol. The van der Waals surface area contributed by atoms with E-state index in [1.807, 2.05) is 0 Å². The predicted octanol–water partition coefficient (Wildman–Crippen LogP) is 17.3. The SMILES string of the molecule is CCCCCCCCCCCCCCCCCCCC(=O)[O-].CCCCCCCCCCCCCCCCCCCC(=O)[O-].CCCCCCCCCCCCCCCCCCCC(=O)[O-].[Y+3]. The first-order valence-corrected chi connectivity index (χ1v) is 29.9. The molecule has 0 radical (unpaired) electrons. The average Bonchev–Trinajstić information content (AvgIpc) is 3.29. The van der Waals surface area contributed by atoms with Gasteiger partial charge in [-0.2, -0.15) is 0 Å². The fraction of sp³-hybridized carbons (Fsp3) is 0.950. The third-order valence-electron chi connectivity index (χ3n) is 13.5. The van der Waals surface area contributed by atoms with Gasteiger partial charge >= 0.3 is 32.7 Å². The van der Waals surface area contributed by atoms with Gasteiger partial charge < -0.3 is 29.7 Å². The number of unbranched alkanes of at least 4 members (excludes halogenated alkanes) is 48. The van der Waals surface area contributed by atoms with Gasteiger partial charge in [-0.25, -0.2) is 0 Å². The van der Waals surface area contributed by atoms with Gasteiger partial charge in [-0.1, -0.05) is 329 Å². The molecule has 0 heterocycles. The molecule has 0 aromatic heterocycles. The number of rotatable bonds is 54. The van der Waals surface area contributed by atoms with Gasteiger partial charge in [0.1, 0.15) is 0 Å². The molecular formula is C60H117O6Y. The second-order valence-corrected chi connectivity index (χ2v) is 20.3. The van der Waals surface area contributed by atoms with Crippen molar-refractivity contribution < 1.29 is 62.4 Å². The van der Waals surface area contributed by atoms with Gasteiger partial charge in [0, 0.05) is 17.9 Å². The van der Waals surface area contributed by atoms with Gasteiger partial charge in [-0.3, -0.25) is 0 Å². The van der Waals surface area contributed by atoms with Gasteiger partial charge in [0.2, 0.25) is 0 Å². The normalized spacial score (nSPS) is 10.8. The van der Waals surface area contributed by atoms with Crippen LogP contribution in [0.4, 0.5) is 0 Å². The molecule has 0 aliphatic rings. The zero-order valence-corrected chi connectivity index (χ0v) is 48.5. The molecular weight excluding hydrogens is 906 g/mol. The second-order valence-electron chi connectivity index (χ2n) is 20.3. The first kappa shape index (κ1) is 73.1. The summed E-state index contributed by atoms with van der Waals surface area (Å²) in [5.41, 5.74) is 0. The molecule has 0 unspecified atom stereocenters. The van der Waals surface area contributed by atoms with E-state index >= 15 is 0 Å². The summed E-state index contributed by atoms with van der Waals surface area (Å²) < 4.78 is 0. The molecule has 0 atom stereocenters. The summed E-state index contributed by atoms with van der Waals surface area (Å²) in [5.74, 6) is -2.71. The largest absolute Gasteiger partial charge is 3.00 e. The maximum atomic E-state index is 10.2. The Morgan fingerprint density at radius 1 is 0.194 bits per heavy atom. The van der Waals surface area contributed by atoms with E-state index in [2.05, 4.69) is 20.8 Å². The molecule has 0 N–H and O–H groups in total. The van der Waals surface area contributed by atoms with Crippen LogP contribution in [-0.2, 0) is 47.1 Å². The van der Waals surface area contributed by atoms with Crippen LogP contribution in [0.15, 0.2) is 0 Å². The van der Waals surface area contributed by atoms with E-state index in [0.717, 1.165) is 38.5 Å². The molecule has 0 saturated heterocycles. The first-order valence-electron chi connectivity index (χ1n) is 29.9. The van der Waals surface area contributed by atoms with Crippen molar-refractivity contribution in [2.45, 2.75) is 367 Å². The third kappa shape index (κ3) is 82.7. The molecule has 0 fully saturated rings. The Hall–Kier alpha value is -0.486. The fourth-order valence-electron chi connectivity index (χ4n) is 8.98. The zero-order chi connectivity index (χ0) is 48.9. The molecule has 67 heavy (non-hydrogen) atoms. The van der Waals surface area contributed by atoms with Crippen LogP contribution in [0.3, 0.4) is 0 Å². The molecule has 0 bridgehead atoms. The average molecular weight is 1020 g/mol. The third-order valence-corrected chi connectivity index (χ3v) is 13.5. The van der Waals surface area contributed by atoms with Gasteiger partial charge in [-0.15, -0.1) is 0 Å². The topological polar surface area (TPSA) is 120 Å². The molecule has 0 aromatic carbocycles. The van der Waals surface area contributed by atoms with Crippen molar-refractivity contribution in [1.29, 1.82) is 0 Å². The van der Waals surface area contributed by atoms with E-state index in [0.29, 0.717) is 0 Å². The van der Waals surface area contributed by atoms with Crippen molar-refractivity contribution in [3.63, 3.8) is 0 Å². The summed E-state index contributed by atoms with van der Waals surface area (Å²) in [5, 5.41) is 30.7. The Labute approximate surface area is 445 Å². The number of hydrogen-bond donors (Lipinski definition) is 0. The van der Waals surface area contributed by atoms with Crippen LogP contribution in [0.2, 0.25) is 0 Å². The minimum absolute atomic E-state index is 0. The van der Waals surface area contributed by atoms with E-state index < -0.39 is 17.9 Å². The smallest absolute Gasteiger partial charge is 0.550 e. The maximum Gasteiger partial charge on any atom is 3.00 e. The minimum Gasteiger partial charge on any atom is -0.550 e. The van der Waals surface area contributed by atoms with E-state index in [1.165, 1.54) is 289 Å². The number of carboxylic acids is 3. The Morgan fingerprint density at radius 2 is 0.284 bits per heavy atom. The number of carbonyl (C=O) groups excluding carboxylic acids is 3. The van der Waals surface area contributed by atoms with Crippen molar-refractivity contribution >= 4 is 17.9 Å². The van der Waals surface area contributed by atoms with Crippen LogP contribution in [0.25, 0.3) is 0 Å². The van der Waals surface area contributed by atoms with Crippen LogP contribution < -0.4 is 15.3 Å². The number of carbonyl (C=O) groups is 3. The Kier molecular flexibility index (Phi) is 76.1. The molecule has 0 saturated carbocycles. The minimum atomic E-state index is -0.902. The molecule has 396 valence electrons. The Bertz CT molecular complexity index is 799. The van der Waals surface area contributed by atoms with Crippen molar-refractivity contribution in [3.8, 4) is 0 Å². The molecule has 0 aromatic rings. The van der Waals surface area contributed by atoms with Crippen molar-refractivity contribution in [2.24, 2.45) is 0 Å². The van der Waals surface area contributed by atoms with E-state index in [9.17, 15) is 29.7 Å². The molecule has 0 aliphatic heterocycles. The van der Waals surface area contributed by atoms with Gasteiger partial charge in [0.25, 0.3) is 0 Å². The summed E-state index contributed by atoms with van der Waals surface area (Å²) in [7, 11) is 0. The van der Waals surface area contributed by atoms with Gasteiger partial charge in [0.15, 0.2) is 0 Å². The Balaban J connectivity index is -0.000000441. The molecule has 0 aliphatic carbocycles. The number of carboxylic acid groups (broad SMARTS) is 3. The van der Waals surface area contributed by atoms with Crippen molar-refractivity contribution in [3.05, 3.63) is 0 Å². The summed E-state index contributed by atoms with van der Waals surface area (Å²) in [6.07, 6.45) is 68.4. The molecule has 0 amide bonds. The van der Waals surface area contributed by atoms with Crippen LogP contribution >= 0.6 is 0 Å². The fourth-order valence-corrected chi connectivity index (χ4v) is 8.98. The maximum absolute atomic E-state index is 10.2. The van der Waals surface area contributed by atoms with Crippen molar-refractivity contribution in [1.82, 2.24) is 0 Å². The Morgan fingerprint density at radius 3 is 0.373 bits per heavy atom. The summed E-state index contributed by atoms with van der Waals surface area (Å²) in [6, 6.07) is 0. The quantitative estimate of drug-likeness (QED) is 0.0560. The molecule has 0 rings (SSSR count). The van der Waals surface area contributed by atoms with E-state index in [-0.39, 0.29) is 52.0 Å². The van der Waals surface area contributed by atoms with Crippen LogP contribution in [0.5, 0.6) is 0 Å². The van der Waals surface area contributed by atoms with Crippen molar-refractivity contribution in [2.75, 3.05) is 0 Å². The van der Waals surface area contributed by atoms with Gasteiger partial charge in [-0.05, 0) is 38.5 Å². The van der Waals surface area contributed by atoms with Crippen LogP contribution in [-0.4, -0.2) is 17.9 Å². The van der Waals surface area contributed by atoms with E-state index in [4.69, 9.17) is 0 Å². The van der Waals surface area contributed by atoms with Gasteiger partial charge in [0.05, 0.1) is 0 Å². The van der Waals surface area contributed by atoms with E-state index in [1.54, 1.807) is 0 Å². The second kappa shape index (κ2) is 69.8. The summed E-state index contributed by atoms with van der Waals surface area (Å²) in [6.45, 7) is 6.82. The molecule has 6 nitrogen and oxygen atoms in total. The first-order chi connectivity index (χ1) is 32.3. The summed E-state index contributed by atoms with van der Waals surface area (Å²) in [4.78, 5) is 30.7. The summed E-state index contributed by atoms with van der Waals surface area (Å²) >= 11 is 0. The number of hydrogen-bond acceptors (Lipinski definition) is 6.